The van der Waals surface area contributed by atoms with E-state index >= 15 is 0 Å². The van der Waals surface area contributed by atoms with Crippen molar-refractivity contribution in [1.29, 1.82) is 0 Å². The molecule has 92 valence electrons. The Morgan fingerprint density at radius 2 is 2.06 bits per heavy atom. The SMILES string of the molecule is CC(C)Nc1cncc(C(=O)N2CCCC2)c1. The molecule has 0 spiro atoms. The molecule has 1 aliphatic heterocycles. The van der Waals surface area contributed by atoms with Crippen LogP contribution >= 0.6 is 0 Å². The summed E-state index contributed by atoms with van der Waals surface area (Å²) in [5, 5.41) is 3.26. The van der Waals surface area contributed by atoms with Gasteiger partial charge in [0.25, 0.3) is 5.91 Å². The van der Waals surface area contributed by atoms with Crippen molar-refractivity contribution in [3.63, 3.8) is 0 Å². The van der Waals surface area contributed by atoms with Gasteiger partial charge in [-0.25, -0.2) is 0 Å². The summed E-state index contributed by atoms with van der Waals surface area (Å²) in [6.07, 6.45) is 5.62. The molecule has 0 aromatic carbocycles. The number of rotatable bonds is 3. The lowest BCUT2D eigenvalue weighted by atomic mass is 10.2. The number of aromatic nitrogens is 1. The fourth-order valence-electron chi connectivity index (χ4n) is 2.07. The molecule has 1 saturated heterocycles. The van der Waals surface area contributed by atoms with E-state index in [1.165, 1.54) is 0 Å². The lowest BCUT2D eigenvalue weighted by Gasteiger charge is -2.16. The van der Waals surface area contributed by atoms with Crippen molar-refractivity contribution in [3.8, 4) is 0 Å². The minimum atomic E-state index is 0.0995. The van der Waals surface area contributed by atoms with Crippen LogP contribution in [0.15, 0.2) is 18.5 Å². The average Bonchev–Trinajstić information content (AvgIpc) is 2.81. The number of likely N-dealkylation sites (tertiary alicyclic amines) is 1. The highest BCUT2D eigenvalue weighted by Crippen LogP contribution is 2.15. The van der Waals surface area contributed by atoms with Crippen LogP contribution in [-0.4, -0.2) is 34.9 Å². The summed E-state index contributed by atoms with van der Waals surface area (Å²) in [6, 6.07) is 2.22. The van der Waals surface area contributed by atoms with Crippen molar-refractivity contribution >= 4 is 11.6 Å². The Labute approximate surface area is 102 Å². The molecule has 1 aliphatic rings. The van der Waals surface area contributed by atoms with E-state index in [-0.39, 0.29) is 5.91 Å². The van der Waals surface area contributed by atoms with Crippen molar-refractivity contribution in [3.05, 3.63) is 24.0 Å². The summed E-state index contributed by atoms with van der Waals surface area (Å²) >= 11 is 0. The summed E-state index contributed by atoms with van der Waals surface area (Å²) in [7, 11) is 0. The Morgan fingerprint density at radius 3 is 2.71 bits per heavy atom. The molecule has 4 nitrogen and oxygen atoms in total. The summed E-state index contributed by atoms with van der Waals surface area (Å²) < 4.78 is 0. The number of carbonyl (C=O) groups excluding carboxylic acids is 1. The number of nitrogens with one attached hydrogen (secondary N) is 1. The third-order valence-electron chi connectivity index (χ3n) is 2.83. The molecule has 1 fully saturated rings. The number of nitrogens with zero attached hydrogens (tertiary/aromatic N) is 2. The minimum Gasteiger partial charge on any atom is -0.382 e. The zero-order chi connectivity index (χ0) is 12.3. The van der Waals surface area contributed by atoms with Gasteiger partial charge in [-0.2, -0.15) is 0 Å². The van der Waals surface area contributed by atoms with Gasteiger partial charge in [0.05, 0.1) is 11.3 Å². The molecule has 4 heteroatoms. The monoisotopic (exact) mass is 233 g/mol. The summed E-state index contributed by atoms with van der Waals surface area (Å²) in [4.78, 5) is 18.2. The molecule has 2 heterocycles. The molecule has 1 aromatic heterocycles. The Balaban J connectivity index is 2.12. The predicted octanol–water partition coefficient (Wildman–Crippen LogP) is 2.14. The summed E-state index contributed by atoms with van der Waals surface area (Å²) in [5.41, 5.74) is 1.59. The normalized spacial score (nSPS) is 15.4. The summed E-state index contributed by atoms with van der Waals surface area (Å²) in [6.45, 7) is 5.88. The molecule has 1 N–H and O–H groups in total. The first kappa shape index (κ1) is 11.9. The maximum atomic E-state index is 12.1. The number of hydrogen-bond acceptors (Lipinski definition) is 3. The molecular formula is C13H19N3O. The first-order chi connectivity index (χ1) is 8.16. The molecule has 0 saturated carbocycles. The molecule has 0 aliphatic carbocycles. The van der Waals surface area contributed by atoms with Crippen LogP contribution in [0.3, 0.4) is 0 Å². The Kier molecular flexibility index (Phi) is 3.61. The molecule has 1 aromatic rings. The van der Waals surface area contributed by atoms with E-state index in [2.05, 4.69) is 24.1 Å². The van der Waals surface area contributed by atoms with E-state index < -0.39 is 0 Å². The average molecular weight is 233 g/mol. The van der Waals surface area contributed by atoms with Crippen LogP contribution < -0.4 is 5.32 Å². The molecule has 2 rings (SSSR count). The third kappa shape index (κ3) is 2.96. The van der Waals surface area contributed by atoms with Gasteiger partial charge in [-0.3, -0.25) is 9.78 Å². The number of carbonyl (C=O) groups is 1. The second kappa shape index (κ2) is 5.17. The largest absolute Gasteiger partial charge is 0.382 e. The van der Waals surface area contributed by atoms with Crippen LogP contribution in [0.1, 0.15) is 37.0 Å². The van der Waals surface area contributed by atoms with Crippen LogP contribution in [0.2, 0.25) is 0 Å². The van der Waals surface area contributed by atoms with Gasteiger partial charge < -0.3 is 10.2 Å². The van der Waals surface area contributed by atoms with Gasteiger partial charge in [-0.05, 0) is 32.8 Å². The number of hydrogen-bond donors (Lipinski definition) is 1. The highest BCUT2D eigenvalue weighted by molar-refractivity contribution is 5.94. The van der Waals surface area contributed by atoms with Gasteiger partial charge in [-0.1, -0.05) is 0 Å². The zero-order valence-corrected chi connectivity index (χ0v) is 10.4. The van der Waals surface area contributed by atoms with Crippen molar-refractivity contribution in [2.24, 2.45) is 0 Å². The van der Waals surface area contributed by atoms with Crippen molar-refractivity contribution in [2.45, 2.75) is 32.7 Å². The van der Waals surface area contributed by atoms with Crippen LogP contribution in [0.4, 0.5) is 5.69 Å². The van der Waals surface area contributed by atoms with E-state index in [0.29, 0.717) is 11.6 Å². The zero-order valence-electron chi connectivity index (χ0n) is 10.4. The molecular weight excluding hydrogens is 214 g/mol. The number of amides is 1. The first-order valence-electron chi connectivity index (χ1n) is 6.17. The Bertz CT molecular complexity index is 397. The van der Waals surface area contributed by atoms with E-state index in [9.17, 15) is 4.79 Å². The van der Waals surface area contributed by atoms with Crippen molar-refractivity contribution < 1.29 is 4.79 Å². The van der Waals surface area contributed by atoms with E-state index in [1.807, 2.05) is 11.0 Å². The molecule has 0 bridgehead atoms. The van der Waals surface area contributed by atoms with Gasteiger partial charge >= 0.3 is 0 Å². The maximum Gasteiger partial charge on any atom is 0.255 e. The third-order valence-corrected chi connectivity index (χ3v) is 2.83. The maximum absolute atomic E-state index is 12.1. The molecule has 0 radical (unpaired) electrons. The van der Waals surface area contributed by atoms with E-state index in [1.54, 1.807) is 12.4 Å². The number of anilines is 1. The van der Waals surface area contributed by atoms with Crippen LogP contribution in [0.25, 0.3) is 0 Å². The minimum absolute atomic E-state index is 0.0995. The summed E-state index contributed by atoms with van der Waals surface area (Å²) in [5.74, 6) is 0.0995. The second-order valence-electron chi connectivity index (χ2n) is 4.76. The van der Waals surface area contributed by atoms with Gasteiger partial charge in [0.1, 0.15) is 0 Å². The van der Waals surface area contributed by atoms with Gasteiger partial charge in [0, 0.05) is 31.5 Å². The Hall–Kier alpha value is -1.58. The van der Waals surface area contributed by atoms with Crippen molar-refractivity contribution in [2.75, 3.05) is 18.4 Å². The van der Waals surface area contributed by atoms with Gasteiger partial charge in [-0.15, -0.1) is 0 Å². The quantitative estimate of drug-likeness (QED) is 0.870. The standard InChI is InChI=1S/C13H19N3O/c1-10(2)15-12-7-11(8-14-9-12)13(17)16-5-3-4-6-16/h7-10,15H,3-6H2,1-2H3. The fourth-order valence-corrected chi connectivity index (χ4v) is 2.07. The van der Waals surface area contributed by atoms with Gasteiger partial charge in [0.15, 0.2) is 0 Å². The van der Waals surface area contributed by atoms with Gasteiger partial charge in [0.2, 0.25) is 0 Å². The van der Waals surface area contributed by atoms with E-state index in [0.717, 1.165) is 31.6 Å². The smallest absolute Gasteiger partial charge is 0.255 e. The lowest BCUT2D eigenvalue weighted by molar-refractivity contribution is 0.0792. The lowest BCUT2D eigenvalue weighted by Crippen LogP contribution is -2.27. The predicted molar refractivity (Wildman–Crippen MR) is 68.1 cm³/mol. The fraction of sp³-hybridized carbons (Fsp3) is 0.538. The molecule has 0 atom stereocenters. The molecule has 1 amide bonds. The highest BCUT2D eigenvalue weighted by atomic mass is 16.2. The Morgan fingerprint density at radius 1 is 1.35 bits per heavy atom. The topological polar surface area (TPSA) is 45.2 Å². The van der Waals surface area contributed by atoms with Crippen LogP contribution in [0.5, 0.6) is 0 Å². The molecule has 17 heavy (non-hydrogen) atoms. The second-order valence-corrected chi connectivity index (χ2v) is 4.76. The van der Waals surface area contributed by atoms with Crippen LogP contribution in [0, 0.1) is 0 Å². The van der Waals surface area contributed by atoms with Crippen LogP contribution in [-0.2, 0) is 0 Å². The number of pyridine rings is 1. The highest BCUT2D eigenvalue weighted by Gasteiger charge is 2.19. The molecule has 0 unspecified atom stereocenters. The van der Waals surface area contributed by atoms with Crippen molar-refractivity contribution in [1.82, 2.24) is 9.88 Å². The van der Waals surface area contributed by atoms with E-state index in [4.69, 9.17) is 0 Å². The first-order valence-corrected chi connectivity index (χ1v) is 6.17.